The number of hydrogen-bond donors (Lipinski definition) is 3. The van der Waals surface area contributed by atoms with Gasteiger partial charge in [-0.3, -0.25) is 9.20 Å². The number of hydrogen-bond acceptors (Lipinski definition) is 8. The van der Waals surface area contributed by atoms with Crippen LogP contribution in [0.4, 0.5) is 10.8 Å². The Morgan fingerprint density at radius 2 is 2.19 bits per heavy atom. The lowest BCUT2D eigenvalue weighted by atomic mass is 10.2. The summed E-state index contributed by atoms with van der Waals surface area (Å²) in [7, 11) is 0. The van der Waals surface area contributed by atoms with E-state index in [1.165, 1.54) is 22.5 Å². The van der Waals surface area contributed by atoms with Crippen molar-refractivity contribution >= 4 is 45.0 Å². The van der Waals surface area contributed by atoms with E-state index < -0.39 is 0 Å². The number of nitrogens with one attached hydrogen (secondary N) is 3. The second kappa shape index (κ2) is 7.93. The lowest BCUT2D eigenvalue weighted by Crippen LogP contribution is -2.27. The molecule has 156 valence electrons. The molecule has 0 bridgehead atoms. The lowest BCUT2D eigenvalue weighted by Gasteiger charge is -2.13. The number of thiophene rings is 1. The molecule has 0 fully saturated rings. The minimum atomic E-state index is -0.316. The zero-order valence-electron chi connectivity index (χ0n) is 16.7. The second-order valence-corrected chi connectivity index (χ2v) is 9.10. The molecular formula is C20H18N8OS2. The van der Waals surface area contributed by atoms with Crippen LogP contribution in [0.1, 0.15) is 34.0 Å². The number of H-pyrrole nitrogens is 1. The first-order valence-corrected chi connectivity index (χ1v) is 11.2. The zero-order chi connectivity index (χ0) is 21.4. The molecule has 0 aliphatic carbocycles. The summed E-state index contributed by atoms with van der Waals surface area (Å²) in [5.74, 6) is 0.364. The van der Waals surface area contributed by atoms with Crippen molar-refractivity contribution in [3.05, 3.63) is 64.8 Å². The molecule has 5 aromatic heterocycles. The maximum Gasteiger partial charge on any atom is 0.253 e. The standard InChI is InChI=1S/C20H18N8OS2/c1-11-3-4-16(31-11)15-8-22-18-14(26-20-21-5-6-30-20)7-13(9-28(15)18)19(29)25-12(2)17-23-10-24-27-17/h3-10,12H,1-2H3,(H,21,26)(H,25,29)(H,23,24,27)/t12-/m0/s1. The Bertz CT molecular complexity index is 1340. The molecule has 0 aromatic carbocycles. The second-order valence-electron chi connectivity index (χ2n) is 6.92. The molecule has 5 heterocycles. The number of aryl methyl sites for hydroxylation is 1. The molecule has 31 heavy (non-hydrogen) atoms. The molecule has 1 amide bonds. The Labute approximate surface area is 185 Å². The number of aromatic amines is 1. The number of carbonyl (C=O) groups is 1. The van der Waals surface area contributed by atoms with Gasteiger partial charge in [-0.05, 0) is 32.0 Å². The minimum Gasteiger partial charge on any atom is -0.342 e. The molecule has 0 aliphatic rings. The van der Waals surface area contributed by atoms with E-state index in [1.54, 1.807) is 23.6 Å². The van der Waals surface area contributed by atoms with E-state index in [-0.39, 0.29) is 11.9 Å². The van der Waals surface area contributed by atoms with Crippen molar-refractivity contribution in [2.75, 3.05) is 5.32 Å². The normalized spacial score (nSPS) is 12.2. The summed E-state index contributed by atoms with van der Waals surface area (Å²) in [6.07, 6.45) is 6.85. The van der Waals surface area contributed by atoms with Crippen molar-refractivity contribution < 1.29 is 4.79 Å². The van der Waals surface area contributed by atoms with Crippen LogP contribution < -0.4 is 10.6 Å². The molecule has 5 aromatic rings. The Kier molecular flexibility index (Phi) is 4.96. The highest BCUT2D eigenvalue weighted by atomic mass is 32.1. The van der Waals surface area contributed by atoms with Gasteiger partial charge >= 0.3 is 0 Å². The average Bonchev–Trinajstić information content (AvgIpc) is 3.54. The van der Waals surface area contributed by atoms with Gasteiger partial charge in [0.05, 0.1) is 34.1 Å². The molecule has 9 nitrogen and oxygen atoms in total. The maximum absolute atomic E-state index is 13.1. The highest BCUT2D eigenvalue weighted by Crippen LogP contribution is 2.32. The number of rotatable bonds is 6. The number of thiazole rings is 1. The van der Waals surface area contributed by atoms with E-state index in [9.17, 15) is 4.79 Å². The van der Waals surface area contributed by atoms with Gasteiger partial charge in [-0.1, -0.05) is 0 Å². The first-order valence-electron chi connectivity index (χ1n) is 9.50. The van der Waals surface area contributed by atoms with Crippen LogP contribution in [0.25, 0.3) is 16.2 Å². The first kappa shape index (κ1) is 19.4. The van der Waals surface area contributed by atoms with Crippen molar-refractivity contribution in [1.82, 2.24) is 34.9 Å². The molecular weight excluding hydrogens is 432 g/mol. The van der Waals surface area contributed by atoms with Crippen molar-refractivity contribution in [1.29, 1.82) is 0 Å². The quantitative estimate of drug-likeness (QED) is 0.358. The predicted molar refractivity (Wildman–Crippen MR) is 121 cm³/mol. The van der Waals surface area contributed by atoms with Crippen molar-refractivity contribution in [3.8, 4) is 10.6 Å². The average molecular weight is 451 g/mol. The Morgan fingerprint density at radius 1 is 1.29 bits per heavy atom. The van der Waals surface area contributed by atoms with Crippen LogP contribution >= 0.6 is 22.7 Å². The third-order valence-corrected chi connectivity index (χ3v) is 6.44. The molecule has 3 N–H and O–H groups in total. The van der Waals surface area contributed by atoms with Crippen LogP contribution in [0.15, 0.2) is 48.5 Å². The summed E-state index contributed by atoms with van der Waals surface area (Å²) in [5.41, 5.74) is 2.84. The van der Waals surface area contributed by atoms with Gasteiger partial charge in [-0.25, -0.2) is 9.97 Å². The SMILES string of the molecule is Cc1ccc(-c2cnc3c(Nc4nccs4)cc(C(=O)N[C@@H](C)c4nnc[nH]4)cn23)s1. The van der Waals surface area contributed by atoms with Crippen LogP contribution in [-0.2, 0) is 0 Å². The summed E-state index contributed by atoms with van der Waals surface area (Å²) in [4.78, 5) is 27.2. The number of imidazole rings is 1. The summed E-state index contributed by atoms with van der Waals surface area (Å²) in [6, 6.07) is 5.61. The van der Waals surface area contributed by atoms with E-state index in [0.717, 1.165) is 21.3 Å². The lowest BCUT2D eigenvalue weighted by molar-refractivity contribution is 0.0938. The fourth-order valence-corrected chi connectivity index (χ4v) is 4.65. The molecule has 0 saturated carbocycles. The minimum absolute atomic E-state index is 0.227. The van der Waals surface area contributed by atoms with Gasteiger partial charge in [0.25, 0.3) is 5.91 Å². The van der Waals surface area contributed by atoms with Crippen molar-refractivity contribution in [2.24, 2.45) is 0 Å². The first-order chi connectivity index (χ1) is 15.1. The summed E-state index contributed by atoms with van der Waals surface area (Å²) >= 11 is 3.16. The third-order valence-electron chi connectivity index (χ3n) is 4.73. The molecule has 0 spiro atoms. The van der Waals surface area contributed by atoms with Gasteiger partial charge in [0.1, 0.15) is 6.33 Å². The summed E-state index contributed by atoms with van der Waals surface area (Å²) < 4.78 is 1.94. The van der Waals surface area contributed by atoms with E-state index in [1.807, 2.05) is 29.1 Å². The predicted octanol–water partition coefficient (Wildman–Crippen LogP) is 4.18. The molecule has 11 heteroatoms. The highest BCUT2D eigenvalue weighted by Gasteiger charge is 2.19. The summed E-state index contributed by atoms with van der Waals surface area (Å²) in [5, 5.41) is 16.6. The van der Waals surface area contributed by atoms with E-state index in [4.69, 9.17) is 0 Å². The van der Waals surface area contributed by atoms with Crippen LogP contribution in [-0.4, -0.2) is 35.5 Å². The smallest absolute Gasteiger partial charge is 0.253 e. The summed E-state index contributed by atoms with van der Waals surface area (Å²) in [6.45, 7) is 3.92. The van der Waals surface area contributed by atoms with Crippen LogP contribution in [0, 0.1) is 6.92 Å². The molecule has 0 saturated heterocycles. The number of nitrogens with zero attached hydrogens (tertiary/aromatic N) is 5. The zero-order valence-corrected chi connectivity index (χ0v) is 18.3. The van der Waals surface area contributed by atoms with Crippen LogP contribution in [0.2, 0.25) is 0 Å². The number of amides is 1. The van der Waals surface area contributed by atoms with Gasteiger partial charge < -0.3 is 15.6 Å². The van der Waals surface area contributed by atoms with Gasteiger partial charge in [0.2, 0.25) is 0 Å². The van der Waals surface area contributed by atoms with E-state index >= 15 is 0 Å². The Morgan fingerprint density at radius 3 is 2.90 bits per heavy atom. The number of fused-ring (bicyclic) bond motifs is 1. The van der Waals surface area contributed by atoms with Gasteiger partial charge in [0.15, 0.2) is 16.6 Å². The van der Waals surface area contributed by atoms with Crippen molar-refractivity contribution in [2.45, 2.75) is 19.9 Å². The van der Waals surface area contributed by atoms with E-state index in [0.29, 0.717) is 17.1 Å². The van der Waals surface area contributed by atoms with Crippen LogP contribution in [0.5, 0.6) is 0 Å². The molecule has 5 rings (SSSR count). The van der Waals surface area contributed by atoms with Gasteiger partial charge in [0, 0.05) is 22.7 Å². The third kappa shape index (κ3) is 3.80. The van der Waals surface area contributed by atoms with Crippen LogP contribution in [0.3, 0.4) is 0 Å². The molecule has 1 atom stereocenters. The topological polar surface area (TPSA) is 113 Å². The molecule has 0 aliphatic heterocycles. The number of pyridine rings is 1. The van der Waals surface area contributed by atoms with Gasteiger partial charge in [-0.15, -0.1) is 32.9 Å². The fraction of sp³-hybridized carbons (Fsp3) is 0.150. The monoisotopic (exact) mass is 450 g/mol. The maximum atomic E-state index is 13.1. The molecule has 0 radical (unpaired) electrons. The van der Waals surface area contributed by atoms with E-state index in [2.05, 4.69) is 54.8 Å². The number of carbonyl (C=O) groups excluding carboxylic acids is 1. The molecule has 0 unspecified atom stereocenters. The fourth-order valence-electron chi connectivity index (χ4n) is 3.23. The largest absolute Gasteiger partial charge is 0.342 e. The van der Waals surface area contributed by atoms with Crippen molar-refractivity contribution in [3.63, 3.8) is 0 Å². The number of aromatic nitrogens is 6. The van der Waals surface area contributed by atoms with Gasteiger partial charge in [-0.2, -0.15) is 0 Å². The number of anilines is 2. The Balaban J connectivity index is 1.57. The Hall–Kier alpha value is -3.57. The highest BCUT2D eigenvalue weighted by molar-refractivity contribution is 7.15.